The van der Waals surface area contributed by atoms with Gasteiger partial charge in [-0.05, 0) is 57.2 Å². The molecule has 1 aromatic carbocycles. The summed E-state index contributed by atoms with van der Waals surface area (Å²) in [5.74, 6) is 0.249. The maximum absolute atomic E-state index is 12.0. The highest BCUT2D eigenvalue weighted by Gasteiger charge is 2.23. The lowest BCUT2D eigenvalue weighted by Gasteiger charge is -2.22. The number of nitrogens with one attached hydrogen (secondary N) is 1. The smallest absolute Gasteiger partial charge is 0.322 e. The summed E-state index contributed by atoms with van der Waals surface area (Å²) in [6, 6.07) is 12.3. The normalized spacial score (nSPS) is 11.0. The molecule has 2 aromatic heterocycles. The van der Waals surface area contributed by atoms with E-state index in [4.69, 9.17) is 10.00 Å². The van der Waals surface area contributed by atoms with E-state index in [0.717, 1.165) is 0 Å². The number of carbonyl (C=O) groups is 1. The SMILES string of the molecule is CNC(=O)c1cc(-c2ccnc(Oc3ccc(C#N)cc3)n2)n(C(C)(C)C)n1. The van der Waals surface area contributed by atoms with Crippen molar-refractivity contribution in [2.45, 2.75) is 26.3 Å². The highest BCUT2D eigenvalue weighted by molar-refractivity contribution is 5.93. The lowest BCUT2D eigenvalue weighted by Crippen LogP contribution is -2.25. The maximum Gasteiger partial charge on any atom is 0.322 e. The van der Waals surface area contributed by atoms with Crippen LogP contribution >= 0.6 is 0 Å². The lowest BCUT2D eigenvalue weighted by molar-refractivity contribution is 0.0956. The van der Waals surface area contributed by atoms with Gasteiger partial charge in [0.15, 0.2) is 5.69 Å². The highest BCUT2D eigenvalue weighted by atomic mass is 16.5. The van der Waals surface area contributed by atoms with E-state index in [1.807, 2.05) is 20.8 Å². The average molecular weight is 376 g/mol. The summed E-state index contributed by atoms with van der Waals surface area (Å²) in [6.45, 7) is 5.98. The van der Waals surface area contributed by atoms with Crippen LogP contribution in [0.5, 0.6) is 11.8 Å². The molecule has 28 heavy (non-hydrogen) atoms. The second kappa shape index (κ2) is 7.48. The number of amides is 1. The molecule has 8 nitrogen and oxygen atoms in total. The van der Waals surface area contributed by atoms with Crippen molar-refractivity contribution >= 4 is 5.91 Å². The molecule has 0 saturated heterocycles. The first-order valence-corrected chi connectivity index (χ1v) is 8.66. The number of hydrogen-bond donors (Lipinski definition) is 1. The Bertz CT molecular complexity index is 1040. The molecule has 8 heteroatoms. The summed E-state index contributed by atoms with van der Waals surface area (Å²) in [5, 5.41) is 15.9. The topological polar surface area (TPSA) is 106 Å². The highest BCUT2D eigenvalue weighted by Crippen LogP contribution is 2.27. The molecule has 0 aliphatic heterocycles. The van der Waals surface area contributed by atoms with Crippen LogP contribution in [0.3, 0.4) is 0 Å². The zero-order valence-corrected chi connectivity index (χ0v) is 16.1. The molecule has 0 saturated carbocycles. The molecular formula is C20H20N6O2. The van der Waals surface area contributed by atoms with Gasteiger partial charge < -0.3 is 10.1 Å². The molecule has 2 heterocycles. The second-order valence-electron chi connectivity index (χ2n) is 7.04. The third-order valence-electron chi connectivity index (χ3n) is 3.89. The van der Waals surface area contributed by atoms with Crippen LogP contribution in [0.4, 0.5) is 0 Å². The van der Waals surface area contributed by atoms with Crippen LogP contribution in [0.15, 0.2) is 42.6 Å². The van der Waals surface area contributed by atoms with Crippen molar-refractivity contribution in [1.82, 2.24) is 25.1 Å². The van der Waals surface area contributed by atoms with Gasteiger partial charge in [-0.25, -0.2) is 4.98 Å². The van der Waals surface area contributed by atoms with Crippen molar-refractivity contribution in [2.75, 3.05) is 7.05 Å². The van der Waals surface area contributed by atoms with Crippen LogP contribution in [0.2, 0.25) is 0 Å². The van der Waals surface area contributed by atoms with Gasteiger partial charge in [0.2, 0.25) is 0 Å². The van der Waals surface area contributed by atoms with Crippen molar-refractivity contribution in [3.05, 3.63) is 53.9 Å². The van der Waals surface area contributed by atoms with Gasteiger partial charge >= 0.3 is 6.01 Å². The van der Waals surface area contributed by atoms with E-state index in [-0.39, 0.29) is 17.5 Å². The first-order chi connectivity index (χ1) is 13.3. The zero-order valence-electron chi connectivity index (χ0n) is 16.1. The third kappa shape index (κ3) is 3.99. The molecule has 0 radical (unpaired) electrons. The quantitative estimate of drug-likeness (QED) is 0.750. The lowest BCUT2D eigenvalue weighted by atomic mass is 10.1. The number of ether oxygens (including phenoxy) is 1. The van der Waals surface area contributed by atoms with Crippen molar-refractivity contribution in [2.24, 2.45) is 0 Å². The number of nitriles is 1. The van der Waals surface area contributed by atoms with Gasteiger partial charge in [0.1, 0.15) is 5.75 Å². The van der Waals surface area contributed by atoms with Gasteiger partial charge in [-0.2, -0.15) is 15.3 Å². The third-order valence-corrected chi connectivity index (χ3v) is 3.89. The summed E-state index contributed by atoms with van der Waals surface area (Å²) in [6.07, 6.45) is 1.58. The average Bonchev–Trinajstić information content (AvgIpc) is 3.14. The minimum Gasteiger partial charge on any atom is -0.424 e. The van der Waals surface area contributed by atoms with Crippen LogP contribution in [0, 0.1) is 11.3 Å². The largest absolute Gasteiger partial charge is 0.424 e. The molecule has 0 bridgehead atoms. The van der Waals surface area contributed by atoms with E-state index in [1.54, 1.807) is 54.3 Å². The molecule has 3 aromatic rings. The van der Waals surface area contributed by atoms with E-state index in [1.165, 1.54) is 0 Å². The van der Waals surface area contributed by atoms with Gasteiger partial charge in [-0.1, -0.05) is 0 Å². The number of aromatic nitrogens is 4. The number of benzene rings is 1. The van der Waals surface area contributed by atoms with Gasteiger partial charge in [-0.15, -0.1) is 0 Å². The number of hydrogen-bond acceptors (Lipinski definition) is 6. The fourth-order valence-electron chi connectivity index (χ4n) is 2.55. The van der Waals surface area contributed by atoms with Gasteiger partial charge in [-0.3, -0.25) is 9.48 Å². The fraction of sp³-hybridized carbons (Fsp3) is 0.250. The van der Waals surface area contributed by atoms with E-state index in [0.29, 0.717) is 28.4 Å². The van der Waals surface area contributed by atoms with Crippen LogP contribution in [-0.4, -0.2) is 32.7 Å². The Morgan fingerprint density at radius 3 is 2.54 bits per heavy atom. The summed E-state index contributed by atoms with van der Waals surface area (Å²) < 4.78 is 7.46. The van der Waals surface area contributed by atoms with E-state index in [9.17, 15) is 4.79 Å². The standard InChI is InChI=1S/C20H20N6O2/c1-20(2,3)26-17(11-16(25-26)18(27)22-4)15-9-10-23-19(24-15)28-14-7-5-13(12-21)6-8-14/h5-11H,1-4H3,(H,22,27). The number of carbonyl (C=O) groups excluding carboxylic acids is 1. The second-order valence-corrected chi connectivity index (χ2v) is 7.04. The number of nitrogens with zero attached hydrogens (tertiary/aromatic N) is 5. The van der Waals surface area contributed by atoms with Crippen LogP contribution in [0.25, 0.3) is 11.4 Å². The molecule has 0 aliphatic rings. The van der Waals surface area contributed by atoms with E-state index < -0.39 is 0 Å². The molecule has 1 N–H and O–H groups in total. The Balaban J connectivity index is 1.98. The molecule has 1 amide bonds. The molecule has 0 unspecified atom stereocenters. The number of rotatable bonds is 4. The predicted molar refractivity (Wildman–Crippen MR) is 103 cm³/mol. The van der Waals surface area contributed by atoms with Gasteiger partial charge in [0, 0.05) is 13.2 Å². The van der Waals surface area contributed by atoms with Crippen molar-refractivity contribution < 1.29 is 9.53 Å². The summed E-state index contributed by atoms with van der Waals surface area (Å²) in [4.78, 5) is 20.6. The monoisotopic (exact) mass is 376 g/mol. The Hall–Kier alpha value is -3.73. The first kappa shape index (κ1) is 19.0. The minimum absolute atomic E-state index is 0.158. The first-order valence-electron chi connectivity index (χ1n) is 8.66. The summed E-state index contributed by atoms with van der Waals surface area (Å²) >= 11 is 0. The summed E-state index contributed by atoms with van der Waals surface area (Å²) in [7, 11) is 1.56. The Morgan fingerprint density at radius 2 is 1.93 bits per heavy atom. The molecular weight excluding hydrogens is 356 g/mol. The predicted octanol–water partition coefficient (Wildman–Crippen LogP) is 3.12. The molecule has 3 rings (SSSR count). The molecule has 0 aliphatic carbocycles. The molecule has 0 atom stereocenters. The van der Waals surface area contributed by atoms with Gasteiger partial charge in [0.25, 0.3) is 5.91 Å². The van der Waals surface area contributed by atoms with Gasteiger partial charge in [0.05, 0.1) is 28.6 Å². The summed E-state index contributed by atoms with van der Waals surface area (Å²) in [5.41, 5.74) is 1.74. The van der Waals surface area contributed by atoms with Crippen molar-refractivity contribution in [3.63, 3.8) is 0 Å². The van der Waals surface area contributed by atoms with E-state index in [2.05, 4.69) is 26.5 Å². The van der Waals surface area contributed by atoms with Crippen molar-refractivity contribution in [3.8, 4) is 29.2 Å². The molecule has 0 spiro atoms. The maximum atomic E-state index is 12.0. The Morgan fingerprint density at radius 1 is 1.21 bits per heavy atom. The van der Waals surface area contributed by atoms with E-state index >= 15 is 0 Å². The van der Waals surface area contributed by atoms with Crippen LogP contribution < -0.4 is 10.1 Å². The fourth-order valence-corrected chi connectivity index (χ4v) is 2.55. The molecule has 142 valence electrons. The Labute approximate surface area is 162 Å². The van der Waals surface area contributed by atoms with Crippen molar-refractivity contribution in [1.29, 1.82) is 5.26 Å². The van der Waals surface area contributed by atoms with Crippen LogP contribution in [0.1, 0.15) is 36.8 Å². The minimum atomic E-state index is -0.360. The zero-order chi connectivity index (χ0) is 20.3. The van der Waals surface area contributed by atoms with Crippen LogP contribution in [-0.2, 0) is 5.54 Å². The Kier molecular flexibility index (Phi) is 5.09. The molecule has 0 fully saturated rings.